The molecule has 0 radical (unpaired) electrons. The van der Waals surface area contributed by atoms with Gasteiger partial charge < -0.3 is 20.1 Å². The minimum atomic E-state index is 0.220. The standard InChI is InChI=1S/C18H32N2O2/c1-4-14-22-18-10-6-5-8-17(18)9-7-11-19-16(2)15-20(3)12-13-21/h5-6,8,10,16,19,21H,4,7,9,11-15H2,1-3H3. The molecule has 0 spiro atoms. The van der Waals surface area contributed by atoms with Crippen LogP contribution < -0.4 is 10.1 Å². The molecule has 0 aliphatic carbocycles. The van der Waals surface area contributed by atoms with E-state index in [0.29, 0.717) is 6.04 Å². The number of benzene rings is 1. The summed E-state index contributed by atoms with van der Waals surface area (Å²) in [5, 5.41) is 12.4. The first-order chi connectivity index (χ1) is 10.7. The van der Waals surface area contributed by atoms with E-state index >= 15 is 0 Å². The van der Waals surface area contributed by atoms with Crippen LogP contribution in [0.2, 0.25) is 0 Å². The Balaban J connectivity index is 2.26. The van der Waals surface area contributed by atoms with Gasteiger partial charge in [0.1, 0.15) is 5.75 Å². The fourth-order valence-electron chi connectivity index (χ4n) is 2.48. The van der Waals surface area contributed by atoms with Crippen molar-refractivity contribution in [1.82, 2.24) is 10.2 Å². The van der Waals surface area contributed by atoms with Crippen molar-refractivity contribution in [3.8, 4) is 5.75 Å². The van der Waals surface area contributed by atoms with Crippen molar-refractivity contribution in [3.63, 3.8) is 0 Å². The second kappa shape index (κ2) is 11.5. The number of likely N-dealkylation sites (N-methyl/N-ethyl adjacent to an activating group) is 1. The summed E-state index contributed by atoms with van der Waals surface area (Å²) in [6, 6.07) is 8.76. The molecular formula is C18H32N2O2. The first-order valence-corrected chi connectivity index (χ1v) is 8.40. The average Bonchev–Trinajstić information content (AvgIpc) is 2.50. The Morgan fingerprint density at radius 2 is 2.09 bits per heavy atom. The molecule has 0 fully saturated rings. The molecule has 1 atom stereocenters. The maximum Gasteiger partial charge on any atom is 0.122 e. The molecule has 1 aromatic rings. The first kappa shape index (κ1) is 18.9. The van der Waals surface area contributed by atoms with Gasteiger partial charge >= 0.3 is 0 Å². The fourth-order valence-corrected chi connectivity index (χ4v) is 2.48. The Labute approximate surface area is 135 Å². The molecule has 0 aliphatic rings. The van der Waals surface area contributed by atoms with Crippen molar-refractivity contribution in [2.45, 2.75) is 39.2 Å². The van der Waals surface area contributed by atoms with Crippen LogP contribution >= 0.6 is 0 Å². The van der Waals surface area contributed by atoms with Gasteiger partial charge in [0.25, 0.3) is 0 Å². The molecule has 1 rings (SSSR count). The van der Waals surface area contributed by atoms with Crippen molar-refractivity contribution in [2.24, 2.45) is 0 Å². The van der Waals surface area contributed by atoms with Gasteiger partial charge in [-0.05, 0) is 51.4 Å². The SMILES string of the molecule is CCCOc1ccccc1CCCNC(C)CN(C)CCO. The molecule has 2 N–H and O–H groups in total. The lowest BCUT2D eigenvalue weighted by Crippen LogP contribution is -2.38. The quantitative estimate of drug-likeness (QED) is 0.582. The number of para-hydroxylation sites is 1. The highest BCUT2D eigenvalue weighted by Crippen LogP contribution is 2.19. The van der Waals surface area contributed by atoms with Crippen LogP contribution in [0, 0.1) is 0 Å². The predicted octanol–water partition coefficient (Wildman–Crippen LogP) is 2.31. The number of ether oxygens (including phenoxy) is 1. The minimum absolute atomic E-state index is 0.220. The molecule has 1 aromatic carbocycles. The van der Waals surface area contributed by atoms with E-state index in [1.54, 1.807) is 0 Å². The summed E-state index contributed by atoms with van der Waals surface area (Å²) in [4.78, 5) is 2.14. The summed E-state index contributed by atoms with van der Waals surface area (Å²) in [5.74, 6) is 1.03. The third-order valence-electron chi connectivity index (χ3n) is 3.62. The number of nitrogens with zero attached hydrogens (tertiary/aromatic N) is 1. The Hall–Kier alpha value is -1.10. The number of hydrogen-bond donors (Lipinski definition) is 2. The van der Waals surface area contributed by atoms with Gasteiger partial charge in [0.15, 0.2) is 0 Å². The van der Waals surface area contributed by atoms with Gasteiger partial charge in [-0.15, -0.1) is 0 Å². The smallest absolute Gasteiger partial charge is 0.122 e. The molecule has 0 bridgehead atoms. The maximum atomic E-state index is 8.90. The Morgan fingerprint density at radius 3 is 2.82 bits per heavy atom. The zero-order valence-electron chi connectivity index (χ0n) is 14.3. The Kier molecular flexibility index (Phi) is 9.87. The van der Waals surface area contributed by atoms with Gasteiger partial charge in [0, 0.05) is 19.1 Å². The molecule has 0 saturated heterocycles. The summed E-state index contributed by atoms with van der Waals surface area (Å²) in [6.45, 7) is 8.00. The molecule has 22 heavy (non-hydrogen) atoms. The number of aryl methyl sites for hydroxylation is 1. The van der Waals surface area contributed by atoms with Gasteiger partial charge in [0.05, 0.1) is 13.2 Å². The van der Waals surface area contributed by atoms with E-state index < -0.39 is 0 Å². The second-order valence-electron chi connectivity index (χ2n) is 5.90. The second-order valence-corrected chi connectivity index (χ2v) is 5.90. The van der Waals surface area contributed by atoms with Crippen molar-refractivity contribution in [2.75, 3.05) is 39.9 Å². The summed E-state index contributed by atoms with van der Waals surface area (Å²) in [6.07, 6.45) is 3.17. The molecule has 4 heteroatoms. The molecular weight excluding hydrogens is 276 g/mol. The van der Waals surface area contributed by atoms with E-state index in [0.717, 1.165) is 51.3 Å². The normalized spacial score (nSPS) is 12.6. The van der Waals surface area contributed by atoms with Crippen molar-refractivity contribution in [3.05, 3.63) is 29.8 Å². The largest absolute Gasteiger partial charge is 0.493 e. The predicted molar refractivity (Wildman–Crippen MR) is 92.6 cm³/mol. The van der Waals surface area contributed by atoms with Gasteiger partial charge in [-0.3, -0.25) is 0 Å². The van der Waals surface area contributed by atoms with Crippen LogP contribution in [0.4, 0.5) is 0 Å². The van der Waals surface area contributed by atoms with E-state index in [1.165, 1.54) is 5.56 Å². The fraction of sp³-hybridized carbons (Fsp3) is 0.667. The molecule has 4 nitrogen and oxygen atoms in total. The minimum Gasteiger partial charge on any atom is -0.493 e. The van der Waals surface area contributed by atoms with Gasteiger partial charge in [-0.1, -0.05) is 25.1 Å². The van der Waals surface area contributed by atoms with Crippen molar-refractivity contribution < 1.29 is 9.84 Å². The lowest BCUT2D eigenvalue weighted by atomic mass is 10.1. The first-order valence-electron chi connectivity index (χ1n) is 8.40. The topological polar surface area (TPSA) is 44.7 Å². The van der Waals surface area contributed by atoms with Crippen LogP contribution in [0.1, 0.15) is 32.3 Å². The number of aliphatic hydroxyl groups is 1. The monoisotopic (exact) mass is 308 g/mol. The molecule has 0 aliphatic heterocycles. The van der Waals surface area contributed by atoms with E-state index in [-0.39, 0.29) is 6.61 Å². The Morgan fingerprint density at radius 1 is 1.32 bits per heavy atom. The van der Waals surface area contributed by atoms with Gasteiger partial charge in [-0.25, -0.2) is 0 Å². The highest BCUT2D eigenvalue weighted by atomic mass is 16.5. The third kappa shape index (κ3) is 7.78. The molecule has 0 aromatic heterocycles. The van der Waals surface area contributed by atoms with E-state index in [9.17, 15) is 0 Å². The number of hydrogen-bond acceptors (Lipinski definition) is 4. The number of aliphatic hydroxyl groups excluding tert-OH is 1. The third-order valence-corrected chi connectivity index (χ3v) is 3.62. The summed E-state index contributed by atoms with van der Waals surface area (Å²) < 4.78 is 5.79. The number of rotatable bonds is 12. The van der Waals surface area contributed by atoms with Gasteiger partial charge in [-0.2, -0.15) is 0 Å². The van der Waals surface area contributed by atoms with Crippen LogP contribution in [0.15, 0.2) is 24.3 Å². The number of nitrogens with one attached hydrogen (secondary N) is 1. The zero-order chi connectivity index (χ0) is 16.2. The lowest BCUT2D eigenvalue weighted by molar-refractivity contribution is 0.211. The molecule has 126 valence electrons. The molecule has 0 amide bonds. The molecule has 1 unspecified atom stereocenters. The summed E-state index contributed by atoms with van der Waals surface area (Å²) in [7, 11) is 2.04. The zero-order valence-corrected chi connectivity index (χ0v) is 14.3. The van der Waals surface area contributed by atoms with Crippen LogP contribution in [0.5, 0.6) is 5.75 Å². The van der Waals surface area contributed by atoms with Gasteiger partial charge in [0.2, 0.25) is 0 Å². The van der Waals surface area contributed by atoms with E-state index in [2.05, 4.69) is 42.3 Å². The van der Waals surface area contributed by atoms with Crippen molar-refractivity contribution >= 4 is 0 Å². The molecule has 0 saturated carbocycles. The van der Waals surface area contributed by atoms with E-state index in [4.69, 9.17) is 9.84 Å². The average molecular weight is 308 g/mol. The highest BCUT2D eigenvalue weighted by molar-refractivity contribution is 5.33. The molecule has 0 heterocycles. The van der Waals surface area contributed by atoms with Crippen LogP contribution in [0.3, 0.4) is 0 Å². The highest BCUT2D eigenvalue weighted by Gasteiger charge is 2.06. The van der Waals surface area contributed by atoms with Crippen LogP contribution in [0.25, 0.3) is 0 Å². The summed E-state index contributed by atoms with van der Waals surface area (Å²) >= 11 is 0. The lowest BCUT2D eigenvalue weighted by Gasteiger charge is -2.21. The Bertz CT molecular complexity index is 398. The maximum absolute atomic E-state index is 8.90. The van der Waals surface area contributed by atoms with Crippen LogP contribution in [-0.2, 0) is 6.42 Å². The summed E-state index contributed by atoms with van der Waals surface area (Å²) in [5.41, 5.74) is 1.29. The van der Waals surface area contributed by atoms with Crippen LogP contribution in [-0.4, -0.2) is 55.9 Å². The van der Waals surface area contributed by atoms with E-state index in [1.807, 2.05) is 13.1 Å². The van der Waals surface area contributed by atoms with Crippen molar-refractivity contribution in [1.29, 1.82) is 0 Å².